The Balaban J connectivity index is 1.91. The molecule has 16 heavy (non-hydrogen) atoms. The Morgan fingerprint density at radius 1 is 1.44 bits per heavy atom. The molecule has 1 saturated carbocycles. The maximum Gasteiger partial charge on any atom is 0.255 e. The highest BCUT2D eigenvalue weighted by molar-refractivity contribution is 9.10. The number of halogens is 1. The van der Waals surface area contributed by atoms with Gasteiger partial charge in [0.2, 0.25) is 0 Å². The zero-order chi connectivity index (χ0) is 11.5. The Morgan fingerprint density at radius 2 is 2.12 bits per heavy atom. The van der Waals surface area contributed by atoms with E-state index in [0.717, 1.165) is 25.7 Å². The van der Waals surface area contributed by atoms with Gasteiger partial charge in [-0.3, -0.25) is 4.79 Å². The first-order valence-electron chi connectivity index (χ1n) is 5.38. The molecular formula is C11H14BrNO3. The minimum absolute atomic E-state index is 0.123. The van der Waals surface area contributed by atoms with E-state index in [0.29, 0.717) is 10.2 Å². The van der Waals surface area contributed by atoms with E-state index < -0.39 is 0 Å². The van der Waals surface area contributed by atoms with Gasteiger partial charge in [0.05, 0.1) is 17.9 Å². The van der Waals surface area contributed by atoms with Crippen LogP contribution in [-0.4, -0.2) is 23.2 Å². The Kier molecular flexibility index (Phi) is 3.66. The van der Waals surface area contributed by atoms with Crippen LogP contribution in [-0.2, 0) is 0 Å². The fourth-order valence-corrected chi connectivity index (χ4v) is 2.36. The van der Waals surface area contributed by atoms with Crippen molar-refractivity contribution in [3.63, 3.8) is 0 Å². The van der Waals surface area contributed by atoms with Crippen molar-refractivity contribution in [1.29, 1.82) is 0 Å². The lowest BCUT2D eigenvalue weighted by Gasteiger charge is -2.25. The van der Waals surface area contributed by atoms with E-state index in [1.807, 2.05) is 0 Å². The summed E-state index contributed by atoms with van der Waals surface area (Å²) in [6, 6.07) is 1.80. The van der Waals surface area contributed by atoms with Crippen LogP contribution in [0.4, 0.5) is 0 Å². The van der Waals surface area contributed by atoms with Crippen molar-refractivity contribution in [2.45, 2.75) is 37.8 Å². The van der Waals surface area contributed by atoms with E-state index in [2.05, 4.69) is 21.2 Å². The van der Waals surface area contributed by atoms with Gasteiger partial charge in [0.1, 0.15) is 0 Å². The largest absolute Gasteiger partial charge is 0.457 e. The molecule has 1 heterocycles. The van der Waals surface area contributed by atoms with E-state index in [1.54, 1.807) is 6.07 Å². The standard InChI is InChI=1S/C11H14BrNO3/c12-10-9(5-6-16-10)11(15)13-7-1-3-8(14)4-2-7/h5-8,14H,1-4H2,(H,13,15). The van der Waals surface area contributed by atoms with Crippen LogP contribution in [0.2, 0.25) is 0 Å². The molecule has 1 amide bonds. The Morgan fingerprint density at radius 3 is 2.69 bits per heavy atom. The number of hydrogen-bond donors (Lipinski definition) is 2. The topological polar surface area (TPSA) is 62.5 Å². The molecule has 2 rings (SSSR count). The van der Waals surface area contributed by atoms with Gasteiger partial charge >= 0.3 is 0 Å². The average Bonchev–Trinajstić information content (AvgIpc) is 2.68. The fraction of sp³-hybridized carbons (Fsp3) is 0.545. The van der Waals surface area contributed by atoms with Crippen molar-refractivity contribution >= 4 is 21.8 Å². The number of aliphatic hydroxyl groups excluding tert-OH is 1. The second-order valence-electron chi connectivity index (χ2n) is 4.09. The second kappa shape index (κ2) is 5.01. The summed E-state index contributed by atoms with van der Waals surface area (Å²) in [6.45, 7) is 0. The van der Waals surface area contributed by atoms with Crippen molar-refractivity contribution in [1.82, 2.24) is 5.32 Å². The van der Waals surface area contributed by atoms with Gasteiger partial charge in [-0.25, -0.2) is 0 Å². The zero-order valence-corrected chi connectivity index (χ0v) is 10.4. The van der Waals surface area contributed by atoms with E-state index in [1.165, 1.54) is 6.26 Å². The van der Waals surface area contributed by atoms with Crippen molar-refractivity contribution in [2.24, 2.45) is 0 Å². The first kappa shape index (κ1) is 11.7. The summed E-state index contributed by atoms with van der Waals surface area (Å²) in [7, 11) is 0. The van der Waals surface area contributed by atoms with Crippen molar-refractivity contribution < 1.29 is 14.3 Å². The zero-order valence-electron chi connectivity index (χ0n) is 8.78. The molecule has 1 aliphatic carbocycles. The third kappa shape index (κ3) is 2.65. The van der Waals surface area contributed by atoms with E-state index in [-0.39, 0.29) is 18.1 Å². The average molecular weight is 288 g/mol. The van der Waals surface area contributed by atoms with Gasteiger partial charge in [0.25, 0.3) is 5.91 Å². The number of aliphatic hydroxyl groups is 1. The smallest absolute Gasteiger partial charge is 0.255 e. The SMILES string of the molecule is O=C(NC1CCC(O)CC1)c1ccoc1Br. The number of furan rings is 1. The molecule has 1 aliphatic rings. The normalized spacial score (nSPS) is 25.4. The summed E-state index contributed by atoms with van der Waals surface area (Å²) in [5.41, 5.74) is 0.520. The van der Waals surface area contributed by atoms with Crippen LogP contribution in [0.1, 0.15) is 36.0 Å². The number of carbonyl (C=O) groups excluding carboxylic acids is 1. The van der Waals surface area contributed by atoms with Crippen LogP contribution in [0, 0.1) is 0 Å². The lowest BCUT2D eigenvalue weighted by atomic mass is 9.93. The highest BCUT2D eigenvalue weighted by Gasteiger charge is 2.22. The molecule has 0 radical (unpaired) electrons. The van der Waals surface area contributed by atoms with Crippen LogP contribution in [0.25, 0.3) is 0 Å². The van der Waals surface area contributed by atoms with Crippen LogP contribution < -0.4 is 5.32 Å². The van der Waals surface area contributed by atoms with Crippen LogP contribution in [0.5, 0.6) is 0 Å². The number of rotatable bonds is 2. The minimum Gasteiger partial charge on any atom is -0.457 e. The molecule has 2 N–H and O–H groups in total. The molecule has 4 nitrogen and oxygen atoms in total. The van der Waals surface area contributed by atoms with Gasteiger partial charge < -0.3 is 14.8 Å². The van der Waals surface area contributed by atoms with Crippen LogP contribution >= 0.6 is 15.9 Å². The maximum absolute atomic E-state index is 11.8. The molecule has 0 unspecified atom stereocenters. The van der Waals surface area contributed by atoms with Crippen LogP contribution in [0.15, 0.2) is 21.4 Å². The molecule has 0 aliphatic heterocycles. The number of amides is 1. The third-order valence-corrected chi connectivity index (χ3v) is 3.51. The van der Waals surface area contributed by atoms with Crippen molar-refractivity contribution in [3.05, 3.63) is 22.6 Å². The molecule has 0 aromatic carbocycles. The molecule has 0 bridgehead atoms. The summed E-state index contributed by atoms with van der Waals surface area (Å²) in [5, 5.41) is 12.3. The molecule has 88 valence electrons. The van der Waals surface area contributed by atoms with Gasteiger partial charge in [-0.1, -0.05) is 0 Å². The lowest BCUT2D eigenvalue weighted by molar-refractivity contribution is 0.0866. The Hall–Kier alpha value is -0.810. The van der Waals surface area contributed by atoms with Crippen molar-refractivity contribution in [3.8, 4) is 0 Å². The number of hydrogen-bond acceptors (Lipinski definition) is 3. The first-order valence-corrected chi connectivity index (χ1v) is 6.18. The lowest BCUT2D eigenvalue weighted by Crippen LogP contribution is -2.38. The molecule has 0 atom stereocenters. The second-order valence-corrected chi connectivity index (χ2v) is 4.81. The van der Waals surface area contributed by atoms with Crippen LogP contribution in [0.3, 0.4) is 0 Å². The van der Waals surface area contributed by atoms with E-state index >= 15 is 0 Å². The van der Waals surface area contributed by atoms with Crippen molar-refractivity contribution in [2.75, 3.05) is 0 Å². The summed E-state index contributed by atoms with van der Waals surface area (Å²) in [6.07, 6.45) is 4.47. The highest BCUT2D eigenvalue weighted by Crippen LogP contribution is 2.21. The molecule has 1 aromatic heterocycles. The summed E-state index contributed by atoms with van der Waals surface area (Å²) >= 11 is 3.17. The fourth-order valence-electron chi connectivity index (χ4n) is 1.94. The molecule has 5 heteroatoms. The van der Waals surface area contributed by atoms with Gasteiger partial charge in [0, 0.05) is 6.04 Å². The summed E-state index contributed by atoms with van der Waals surface area (Å²) < 4.78 is 5.47. The van der Waals surface area contributed by atoms with Gasteiger partial charge in [-0.05, 0) is 47.7 Å². The maximum atomic E-state index is 11.8. The molecule has 1 aromatic rings. The molecular weight excluding hydrogens is 274 g/mol. The Bertz CT molecular complexity index is 369. The summed E-state index contributed by atoms with van der Waals surface area (Å²) in [4.78, 5) is 11.8. The van der Waals surface area contributed by atoms with E-state index in [4.69, 9.17) is 4.42 Å². The van der Waals surface area contributed by atoms with Gasteiger partial charge in [-0.15, -0.1) is 0 Å². The summed E-state index contributed by atoms with van der Waals surface area (Å²) in [5.74, 6) is -0.123. The monoisotopic (exact) mass is 287 g/mol. The first-order chi connectivity index (χ1) is 7.66. The minimum atomic E-state index is -0.200. The molecule has 1 fully saturated rings. The molecule has 0 spiro atoms. The quantitative estimate of drug-likeness (QED) is 0.875. The number of carbonyl (C=O) groups is 1. The van der Waals surface area contributed by atoms with Gasteiger partial charge in [-0.2, -0.15) is 0 Å². The predicted molar refractivity (Wildman–Crippen MR) is 62.1 cm³/mol. The highest BCUT2D eigenvalue weighted by atomic mass is 79.9. The third-order valence-electron chi connectivity index (χ3n) is 2.89. The predicted octanol–water partition coefficient (Wildman–Crippen LogP) is 2.08. The van der Waals surface area contributed by atoms with E-state index in [9.17, 15) is 9.90 Å². The molecule has 0 saturated heterocycles. The number of nitrogens with one attached hydrogen (secondary N) is 1. The Labute approximate surface area is 102 Å². The van der Waals surface area contributed by atoms with Gasteiger partial charge in [0.15, 0.2) is 4.67 Å².